The minimum Gasteiger partial charge on any atom is -0.323 e. The van der Waals surface area contributed by atoms with Gasteiger partial charge in [-0.2, -0.15) is 0 Å². The molecular weight excluding hydrogens is 327 g/mol. The predicted octanol–water partition coefficient (Wildman–Crippen LogP) is 3.31. The van der Waals surface area contributed by atoms with Crippen LogP contribution in [-0.2, 0) is 4.57 Å². The number of hydrogen-bond acceptors (Lipinski definition) is 3. The van der Waals surface area contributed by atoms with Crippen LogP contribution in [0.1, 0.15) is 38.8 Å². The van der Waals surface area contributed by atoms with Crippen molar-refractivity contribution in [1.82, 2.24) is 0 Å². The molecule has 0 amide bonds. The van der Waals surface area contributed by atoms with Crippen molar-refractivity contribution < 1.29 is 23.9 Å². The second-order valence-electron chi connectivity index (χ2n) is 6.01. The first-order valence-electron chi connectivity index (χ1n) is 7.36. The van der Waals surface area contributed by atoms with Gasteiger partial charge in [0.25, 0.3) is 0 Å². The molecule has 2 N–H and O–H groups in total. The van der Waals surface area contributed by atoms with Gasteiger partial charge in [0.2, 0.25) is 0 Å². The van der Waals surface area contributed by atoms with E-state index in [1.54, 1.807) is 24.3 Å². The van der Waals surface area contributed by atoms with Gasteiger partial charge in [0.05, 0.1) is 0 Å². The summed E-state index contributed by atoms with van der Waals surface area (Å²) in [5, 5.41) is -2.46. The van der Waals surface area contributed by atoms with Crippen LogP contribution in [0, 0.1) is 13.8 Å². The quantitative estimate of drug-likeness (QED) is 0.492. The van der Waals surface area contributed by atoms with Crippen LogP contribution in [0.2, 0.25) is 0 Å². The number of rotatable bonds is 5. The molecule has 0 aliphatic carbocycles. The van der Waals surface area contributed by atoms with E-state index in [0.717, 1.165) is 18.1 Å². The van der Waals surface area contributed by atoms with Crippen LogP contribution in [0.15, 0.2) is 48.5 Å². The maximum Gasteiger partial charge on any atom is 0.347 e. The van der Waals surface area contributed by atoms with E-state index in [1.165, 1.54) is 24.3 Å². The van der Waals surface area contributed by atoms with Crippen molar-refractivity contribution in [2.75, 3.05) is 0 Å². The first-order chi connectivity index (χ1) is 11.1. The molecular formula is C18H19O5P. The van der Waals surface area contributed by atoms with E-state index in [4.69, 9.17) is 0 Å². The average molecular weight is 346 g/mol. The molecule has 0 unspecified atom stereocenters. The molecule has 0 fully saturated rings. The summed E-state index contributed by atoms with van der Waals surface area (Å²) in [6, 6.07) is 12.5. The minimum atomic E-state index is -5.05. The van der Waals surface area contributed by atoms with Crippen LogP contribution in [0.4, 0.5) is 0 Å². The molecule has 6 heteroatoms. The topological polar surface area (TPSA) is 91.7 Å². The van der Waals surface area contributed by atoms with Gasteiger partial charge in [-0.25, -0.2) is 0 Å². The summed E-state index contributed by atoms with van der Waals surface area (Å²) < 4.78 is 12.1. The van der Waals surface area contributed by atoms with E-state index in [1.807, 2.05) is 13.8 Å². The second kappa shape index (κ2) is 6.44. The summed E-state index contributed by atoms with van der Waals surface area (Å²) in [4.78, 5) is 45.1. The maximum absolute atomic E-state index is 12.8. The van der Waals surface area contributed by atoms with E-state index in [0.29, 0.717) is 0 Å². The zero-order valence-electron chi connectivity index (χ0n) is 13.7. The Morgan fingerprint density at radius 1 is 0.792 bits per heavy atom. The molecule has 0 spiro atoms. The van der Waals surface area contributed by atoms with Crippen molar-refractivity contribution in [2.24, 2.45) is 0 Å². The molecule has 0 bridgehead atoms. The number of carbonyl (C=O) groups is 2. The molecule has 0 aliphatic rings. The number of hydrogen-bond donors (Lipinski definition) is 2. The highest BCUT2D eigenvalue weighted by Crippen LogP contribution is 2.53. The van der Waals surface area contributed by atoms with E-state index in [2.05, 4.69) is 0 Å². The van der Waals surface area contributed by atoms with Crippen molar-refractivity contribution >= 4 is 19.2 Å². The highest BCUT2D eigenvalue weighted by atomic mass is 31.2. The molecule has 0 heterocycles. The number of ketones is 2. The largest absolute Gasteiger partial charge is 0.347 e. The fraction of sp³-hybridized carbons (Fsp3) is 0.222. The molecule has 2 aromatic carbocycles. The summed E-state index contributed by atoms with van der Waals surface area (Å²) in [5.74, 6) is -1.78. The first-order valence-corrected chi connectivity index (χ1v) is 8.97. The standard InChI is InChI=1S/C18H19O5P/c1-12-4-8-14(9-5-12)16(19)18(3,24(21,22)23)17(20)15-10-6-13(2)7-11-15/h4-11H,1-3H3,(H2,21,22,23). The predicted molar refractivity (Wildman–Crippen MR) is 91.5 cm³/mol. The van der Waals surface area contributed by atoms with Crippen molar-refractivity contribution in [2.45, 2.75) is 25.9 Å². The van der Waals surface area contributed by atoms with Gasteiger partial charge < -0.3 is 9.79 Å². The third-order valence-electron chi connectivity index (χ3n) is 4.09. The molecule has 5 nitrogen and oxygen atoms in total. The second-order valence-corrected chi connectivity index (χ2v) is 7.99. The van der Waals surface area contributed by atoms with Crippen LogP contribution in [0.3, 0.4) is 0 Å². The lowest BCUT2D eigenvalue weighted by Gasteiger charge is -2.27. The average Bonchev–Trinajstić information content (AvgIpc) is 2.53. The Morgan fingerprint density at radius 3 is 1.33 bits per heavy atom. The summed E-state index contributed by atoms with van der Waals surface area (Å²) >= 11 is 0. The van der Waals surface area contributed by atoms with Crippen LogP contribution in [0.5, 0.6) is 0 Å². The van der Waals surface area contributed by atoms with E-state index >= 15 is 0 Å². The SMILES string of the molecule is Cc1ccc(C(=O)C(C)(C(=O)c2ccc(C)cc2)P(=O)(O)O)cc1. The van der Waals surface area contributed by atoms with Gasteiger partial charge in [-0.3, -0.25) is 14.2 Å². The molecule has 126 valence electrons. The van der Waals surface area contributed by atoms with Gasteiger partial charge >= 0.3 is 7.60 Å². The Labute approximate surface area is 140 Å². The van der Waals surface area contributed by atoms with Gasteiger partial charge in [0.15, 0.2) is 16.7 Å². The number of Topliss-reactive ketones (excluding diaryl/α,β-unsaturated/α-hetero) is 2. The van der Waals surface area contributed by atoms with E-state index < -0.39 is 24.3 Å². The first kappa shape index (κ1) is 18.3. The zero-order chi connectivity index (χ0) is 18.1. The summed E-state index contributed by atoms with van der Waals surface area (Å²) in [7, 11) is -5.05. The van der Waals surface area contributed by atoms with Gasteiger partial charge in [-0.05, 0) is 20.8 Å². The zero-order valence-corrected chi connectivity index (χ0v) is 14.6. The highest BCUT2D eigenvalue weighted by molar-refractivity contribution is 7.56. The van der Waals surface area contributed by atoms with Crippen molar-refractivity contribution in [3.8, 4) is 0 Å². The Bertz CT molecular complexity index is 758. The van der Waals surface area contributed by atoms with Crippen molar-refractivity contribution in [3.05, 3.63) is 70.8 Å². The van der Waals surface area contributed by atoms with Gasteiger partial charge in [-0.15, -0.1) is 0 Å². The normalized spacial score (nSPS) is 12.0. The molecule has 0 aliphatic heterocycles. The minimum absolute atomic E-state index is 0.0897. The summed E-state index contributed by atoms with van der Waals surface area (Å²) in [6.45, 7) is 4.67. The molecule has 2 aromatic rings. The monoisotopic (exact) mass is 346 g/mol. The molecule has 0 atom stereocenters. The van der Waals surface area contributed by atoms with Crippen LogP contribution in [-0.4, -0.2) is 26.5 Å². The molecule has 0 saturated heterocycles. The fourth-order valence-corrected chi connectivity index (χ4v) is 3.13. The summed E-state index contributed by atoms with van der Waals surface area (Å²) in [5.41, 5.74) is 1.97. The molecule has 0 radical (unpaired) electrons. The van der Waals surface area contributed by atoms with Crippen LogP contribution < -0.4 is 0 Å². The van der Waals surface area contributed by atoms with Crippen LogP contribution >= 0.6 is 7.60 Å². The Hall–Kier alpha value is -2.07. The molecule has 0 aromatic heterocycles. The third-order valence-corrected chi connectivity index (χ3v) is 5.67. The smallest absolute Gasteiger partial charge is 0.323 e. The van der Waals surface area contributed by atoms with Gasteiger partial charge in [0.1, 0.15) is 0 Å². The Balaban J connectivity index is 2.56. The number of aryl methyl sites for hydroxylation is 2. The molecule has 0 saturated carbocycles. The Morgan fingerprint density at radius 2 is 1.08 bits per heavy atom. The van der Waals surface area contributed by atoms with Gasteiger partial charge in [-0.1, -0.05) is 59.7 Å². The Kier molecular flexibility index (Phi) is 4.90. The maximum atomic E-state index is 12.8. The lowest BCUT2D eigenvalue weighted by Crippen LogP contribution is -2.43. The van der Waals surface area contributed by atoms with Crippen molar-refractivity contribution in [3.63, 3.8) is 0 Å². The van der Waals surface area contributed by atoms with Gasteiger partial charge in [0, 0.05) is 11.1 Å². The molecule has 24 heavy (non-hydrogen) atoms. The highest BCUT2D eigenvalue weighted by Gasteiger charge is 2.55. The van der Waals surface area contributed by atoms with Crippen LogP contribution in [0.25, 0.3) is 0 Å². The number of carbonyl (C=O) groups excluding carboxylic acids is 2. The fourth-order valence-electron chi connectivity index (χ4n) is 2.34. The molecule has 2 rings (SSSR count). The van der Waals surface area contributed by atoms with E-state index in [9.17, 15) is 23.9 Å². The van der Waals surface area contributed by atoms with Crippen molar-refractivity contribution in [1.29, 1.82) is 0 Å². The summed E-state index contributed by atoms with van der Waals surface area (Å²) in [6.07, 6.45) is 0. The lowest BCUT2D eigenvalue weighted by molar-refractivity contribution is 0.0823. The lowest BCUT2D eigenvalue weighted by atomic mass is 9.90. The van der Waals surface area contributed by atoms with E-state index in [-0.39, 0.29) is 11.1 Å². The third kappa shape index (κ3) is 3.24. The number of benzene rings is 2.